The van der Waals surface area contributed by atoms with E-state index < -0.39 is 6.10 Å². The lowest BCUT2D eigenvalue weighted by Gasteiger charge is -2.27. The highest BCUT2D eigenvalue weighted by molar-refractivity contribution is 5.32. The number of rotatable bonds is 7. The van der Waals surface area contributed by atoms with Crippen LogP contribution in [0.2, 0.25) is 0 Å². The van der Waals surface area contributed by atoms with E-state index in [4.69, 9.17) is 9.15 Å². The summed E-state index contributed by atoms with van der Waals surface area (Å²) in [5.74, 6) is 0.779. The molecule has 22 heavy (non-hydrogen) atoms. The smallest absolute Gasteiger partial charge is 0.129 e. The van der Waals surface area contributed by atoms with Gasteiger partial charge in [-0.15, -0.1) is 0 Å². The third kappa shape index (κ3) is 3.97. The molecule has 0 amide bonds. The number of ether oxygens (including phenoxy) is 1. The Bertz CT molecular complexity index is 567. The molecule has 0 radical (unpaired) electrons. The number of benzene rings is 1. The van der Waals surface area contributed by atoms with Crippen molar-refractivity contribution in [1.82, 2.24) is 5.32 Å². The van der Waals surface area contributed by atoms with Gasteiger partial charge in [0.05, 0.1) is 19.0 Å². The molecule has 118 valence electrons. The number of hydrogen-bond acceptors (Lipinski definition) is 4. The van der Waals surface area contributed by atoms with Crippen LogP contribution in [0.1, 0.15) is 35.8 Å². The van der Waals surface area contributed by atoms with Crippen molar-refractivity contribution < 1.29 is 14.3 Å². The summed E-state index contributed by atoms with van der Waals surface area (Å²) in [4.78, 5) is 0. The van der Waals surface area contributed by atoms with E-state index >= 15 is 0 Å². The second kappa shape index (κ2) is 7.58. The highest BCUT2D eigenvalue weighted by Crippen LogP contribution is 2.29. The van der Waals surface area contributed by atoms with Crippen molar-refractivity contribution in [3.8, 4) is 0 Å². The molecule has 2 atom stereocenters. The van der Waals surface area contributed by atoms with Crippen LogP contribution in [0, 0.1) is 0 Å². The zero-order chi connectivity index (χ0) is 15.2. The summed E-state index contributed by atoms with van der Waals surface area (Å²) in [7, 11) is 0. The van der Waals surface area contributed by atoms with Gasteiger partial charge in [0.15, 0.2) is 0 Å². The first kappa shape index (κ1) is 15.3. The number of aliphatic hydroxyl groups excluding tert-OH is 1. The largest absolute Gasteiger partial charge is 0.467 e. The fourth-order valence-corrected chi connectivity index (χ4v) is 2.99. The van der Waals surface area contributed by atoms with Gasteiger partial charge in [-0.1, -0.05) is 24.3 Å². The maximum atomic E-state index is 10.0. The van der Waals surface area contributed by atoms with Crippen LogP contribution in [-0.4, -0.2) is 24.4 Å². The van der Waals surface area contributed by atoms with Crippen molar-refractivity contribution in [1.29, 1.82) is 0 Å². The summed E-state index contributed by atoms with van der Waals surface area (Å²) < 4.78 is 10.7. The number of nitrogens with one attached hydrogen (secondary N) is 1. The van der Waals surface area contributed by atoms with E-state index in [2.05, 4.69) is 29.6 Å². The molecule has 0 saturated heterocycles. The van der Waals surface area contributed by atoms with Crippen molar-refractivity contribution in [2.45, 2.75) is 38.0 Å². The summed E-state index contributed by atoms with van der Waals surface area (Å²) >= 11 is 0. The zero-order valence-electron chi connectivity index (χ0n) is 12.7. The number of aliphatic hydroxyl groups is 1. The fourth-order valence-electron chi connectivity index (χ4n) is 2.99. The van der Waals surface area contributed by atoms with Gasteiger partial charge in [-0.05, 0) is 42.5 Å². The van der Waals surface area contributed by atoms with Crippen molar-refractivity contribution in [3.05, 3.63) is 59.5 Å². The summed E-state index contributed by atoms with van der Waals surface area (Å²) in [5, 5.41) is 13.5. The van der Waals surface area contributed by atoms with E-state index in [1.807, 2.05) is 12.1 Å². The van der Waals surface area contributed by atoms with Crippen molar-refractivity contribution in [2.24, 2.45) is 0 Å². The van der Waals surface area contributed by atoms with Gasteiger partial charge >= 0.3 is 0 Å². The van der Waals surface area contributed by atoms with E-state index in [9.17, 15) is 5.11 Å². The number of hydrogen-bond donors (Lipinski definition) is 2. The number of fused-ring (bicyclic) bond motifs is 1. The van der Waals surface area contributed by atoms with Gasteiger partial charge < -0.3 is 19.6 Å². The van der Waals surface area contributed by atoms with Crippen molar-refractivity contribution in [2.75, 3.05) is 13.2 Å². The van der Waals surface area contributed by atoms with Gasteiger partial charge in [0.2, 0.25) is 0 Å². The minimum absolute atomic E-state index is 0.308. The number of aryl methyl sites for hydroxylation is 1. The Balaban J connectivity index is 1.42. The molecule has 1 aromatic heterocycles. The Morgan fingerprint density at radius 1 is 1.27 bits per heavy atom. The van der Waals surface area contributed by atoms with Crippen LogP contribution in [0.15, 0.2) is 47.1 Å². The van der Waals surface area contributed by atoms with E-state index in [-0.39, 0.29) is 0 Å². The highest BCUT2D eigenvalue weighted by atomic mass is 16.5. The Morgan fingerprint density at radius 2 is 2.18 bits per heavy atom. The van der Waals surface area contributed by atoms with Gasteiger partial charge in [0, 0.05) is 12.6 Å². The first-order valence-electron chi connectivity index (χ1n) is 7.92. The number of furan rings is 1. The van der Waals surface area contributed by atoms with Crippen LogP contribution in [0.25, 0.3) is 0 Å². The van der Waals surface area contributed by atoms with Crippen LogP contribution in [0.4, 0.5) is 0 Å². The second-order valence-corrected chi connectivity index (χ2v) is 5.80. The van der Waals surface area contributed by atoms with E-state index in [1.165, 1.54) is 17.5 Å². The Morgan fingerprint density at radius 3 is 3.05 bits per heavy atom. The molecular formula is C18H23NO3. The first-order chi connectivity index (χ1) is 10.8. The summed E-state index contributed by atoms with van der Waals surface area (Å²) in [5.41, 5.74) is 2.80. The average molecular weight is 301 g/mol. The molecule has 1 aliphatic rings. The molecule has 0 spiro atoms. The van der Waals surface area contributed by atoms with Crippen molar-refractivity contribution in [3.63, 3.8) is 0 Å². The minimum atomic E-state index is -0.510. The molecule has 1 aliphatic carbocycles. The molecule has 0 aliphatic heterocycles. The third-order valence-corrected chi connectivity index (χ3v) is 4.10. The summed E-state index contributed by atoms with van der Waals surface area (Å²) in [6.07, 6.45) is 4.58. The molecule has 4 nitrogen and oxygen atoms in total. The van der Waals surface area contributed by atoms with Gasteiger partial charge in [-0.2, -0.15) is 0 Å². The molecule has 3 rings (SSSR count). The Labute approximate surface area is 131 Å². The van der Waals surface area contributed by atoms with Crippen molar-refractivity contribution >= 4 is 0 Å². The zero-order valence-corrected chi connectivity index (χ0v) is 12.7. The molecule has 0 bridgehead atoms. The predicted molar refractivity (Wildman–Crippen MR) is 84.5 cm³/mol. The minimum Gasteiger partial charge on any atom is -0.467 e. The van der Waals surface area contributed by atoms with Crippen LogP contribution < -0.4 is 5.32 Å². The first-order valence-corrected chi connectivity index (χ1v) is 7.92. The highest BCUT2D eigenvalue weighted by Gasteiger charge is 2.19. The average Bonchev–Trinajstić information content (AvgIpc) is 3.06. The molecule has 4 heteroatoms. The summed E-state index contributed by atoms with van der Waals surface area (Å²) in [6, 6.07) is 12.6. The monoisotopic (exact) mass is 301 g/mol. The standard InChI is InChI=1S/C18H23NO3/c20-15(12-21-13-16-7-4-10-22-16)11-19-18-9-3-6-14-5-1-2-8-17(14)18/h1-2,4-5,7-8,10,15,18-20H,3,6,9,11-13H2/t15-,18-/m0/s1. The fraction of sp³-hybridized carbons (Fsp3) is 0.444. The maximum absolute atomic E-state index is 10.0. The van der Waals surface area contributed by atoms with Crippen LogP contribution in [0.5, 0.6) is 0 Å². The normalized spacial score (nSPS) is 18.9. The van der Waals surface area contributed by atoms with Gasteiger partial charge in [0.1, 0.15) is 12.4 Å². The molecule has 0 fully saturated rings. The quantitative estimate of drug-likeness (QED) is 0.825. The molecule has 0 saturated carbocycles. The van der Waals surface area contributed by atoms with Crippen LogP contribution in [0.3, 0.4) is 0 Å². The van der Waals surface area contributed by atoms with Crippen LogP contribution >= 0.6 is 0 Å². The lowest BCUT2D eigenvalue weighted by molar-refractivity contribution is 0.0213. The topological polar surface area (TPSA) is 54.6 Å². The van der Waals surface area contributed by atoms with E-state index in [0.29, 0.717) is 25.8 Å². The van der Waals surface area contributed by atoms with E-state index in [0.717, 1.165) is 18.6 Å². The summed E-state index contributed by atoms with van der Waals surface area (Å²) in [6.45, 7) is 1.25. The lowest BCUT2D eigenvalue weighted by Crippen LogP contribution is -2.34. The third-order valence-electron chi connectivity index (χ3n) is 4.10. The lowest BCUT2D eigenvalue weighted by atomic mass is 9.88. The van der Waals surface area contributed by atoms with E-state index in [1.54, 1.807) is 6.26 Å². The molecule has 2 N–H and O–H groups in total. The predicted octanol–water partition coefficient (Wildman–Crippen LogP) is 2.82. The van der Waals surface area contributed by atoms with Gasteiger partial charge in [-0.25, -0.2) is 0 Å². The van der Waals surface area contributed by atoms with Gasteiger partial charge in [-0.3, -0.25) is 0 Å². The molecule has 1 heterocycles. The maximum Gasteiger partial charge on any atom is 0.129 e. The van der Waals surface area contributed by atoms with Gasteiger partial charge in [0.25, 0.3) is 0 Å². The SMILES string of the molecule is O[C@@H](CN[C@H]1CCCc2ccccc21)COCc1ccco1. The molecule has 1 aromatic carbocycles. The Kier molecular flexibility index (Phi) is 5.27. The molecule has 0 unspecified atom stereocenters. The second-order valence-electron chi connectivity index (χ2n) is 5.80. The van der Waals surface area contributed by atoms with Crippen LogP contribution in [-0.2, 0) is 17.8 Å². The Hall–Kier alpha value is -1.62. The molecular weight excluding hydrogens is 278 g/mol. The molecule has 2 aromatic rings.